The van der Waals surface area contributed by atoms with Crippen molar-refractivity contribution in [2.24, 2.45) is 0 Å². The molecule has 0 fully saturated rings. The molecule has 0 spiro atoms. The summed E-state index contributed by atoms with van der Waals surface area (Å²) in [6.07, 6.45) is 0. The summed E-state index contributed by atoms with van der Waals surface area (Å²) in [7, 11) is 0. The van der Waals surface area contributed by atoms with Gasteiger partial charge in [0.1, 0.15) is 46.0 Å². The zero-order chi connectivity index (χ0) is 49.8. The van der Waals surface area contributed by atoms with Crippen LogP contribution in [0, 0.1) is 0 Å². The topological polar surface area (TPSA) is 49.9 Å². The van der Waals surface area contributed by atoms with Crippen LogP contribution in [0.15, 0.2) is 224 Å². The minimum Gasteiger partial charge on any atom is -0.459 e. The lowest BCUT2D eigenvalue weighted by atomic mass is 9.28. The maximum absolute atomic E-state index is 7.74. The standard InChI is InChI=1S/C66H37B3N4O4/c1-5-18-38(19-6-1)70-44-28-14-32-50-57(44)68-59-46(70)30-16-34-52(59)76-65-61-48(36-54(74-50)63(65)68)72(40-22-9-3-10-23-40)42-26-13-27-43-56(42)67(61)62-49(73(43)41-24-11-4-12-25-41)37-55-64-66(62)77-53-35-17-31-47-60(53)69(64)58-45(29-15-33-51(58)75-55)71(47)39-20-7-2-8-21-39/h1-37H. The average Bonchev–Trinajstić information content (AvgIpc) is 3.64. The van der Waals surface area contributed by atoms with E-state index in [1.807, 2.05) is 0 Å². The van der Waals surface area contributed by atoms with Crippen molar-refractivity contribution >= 4 is 138 Å². The van der Waals surface area contributed by atoms with Crippen molar-refractivity contribution in [3.8, 4) is 46.0 Å². The molecule has 0 radical (unpaired) electrons. The lowest BCUT2D eigenvalue weighted by molar-refractivity contribution is 0.466. The van der Waals surface area contributed by atoms with Gasteiger partial charge in [0.2, 0.25) is 0 Å². The summed E-state index contributed by atoms with van der Waals surface area (Å²) in [6, 6.07) is 80.2. The van der Waals surface area contributed by atoms with E-state index < -0.39 is 0 Å². The van der Waals surface area contributed by atoms with E-state index in [0.717, 1.165) is 163 Å². The summed E-state index contributed by atoms with van der Waals surface area (Å²) in [4.78, 5) is 9.59. The predicted octanol–water partition coefficient (Wildman–Crippen LogP) is 10.8. The number of ether oxygens (including phenoxy) is 4. The molecule has 8 aliphatic rings. The number of benzene rings is 11. The molecule has 11 aromatic carbocycles. The first-order chi connectivity index (χ1) is 38.2. The highest BCUT2D eigenvalue weighted by atomic mass is 16.5. The molecule has 8 heterocycles. The zero-order valence-electron chi connectivity index (χ0n) is 41.0. The molecule has 0 N–H and O–H groups in total. The number of rotatable bonds is 4. The summed E-state index contributed by atoms with van der Waals surface area (Å²) < 4.78 is 30.1. The molecule has 8 nitrogen and oxygen atoms in total. The molecule has 0 saturated heterocycles. The van der Waals surface area contributed by atoms with Crippen LogP contribution in [-0.4, -0.2) is 20.1 Å². The maximum atomic E-state index is 7.74. The minimum atomic E-state index is -0.386. The van der Waals surface area contributed by atoms with E-state index >= 15 is 0 Å². The number of hydrogen-bond donors (Lipinski definition) is 0. The van der Waals surface area contributed by atoms with Crippen molar-refractivity contribution in [3.63, 3.8) is 0 Å². The van der Waals surface area contributed by atoms with E-state index in [1.165, 1.54) is 0 Å². The van der Waals surface area contributed by atoms with Crippen LogP contribution < -0.4 is 87.7 Å². The average molecular weight is 982 g/mol. The Kier molecular flexibility index (Phi) is 7.58. The molecule has 8 aliphatic heterocycles. The van der Waals surface area contributed by atoms with Gasteiger partial charge in [0.05, 0.1) is 0 Å². The molecule has 0 bridgehead atoms. The second kappa shape index (κ2) is 14.4. The first-order valence-electron chi connectivity index (χ1n) is 26.4. The third-order valence-corrected chi connectivity index (χ3v) is 17.3. The molecule has 0 aliphatic carbocycles. The van der Waals surface area contributed by atoms with Crippen molar-refractivity contribution in [2.75, 3.05) is 19.6 Å². The van der Waals surface area contributed by atoms with Crippen LogP contribution in [0.2, 0.25) is 0 Å². The van der Waals surface area contributed by atoms with Gasteiger partial charge in [-0.1, -0.05) is 103 Å². The van der Waals surface area contributed by atoms with Crippen molar-refractivity contribution in [1.82, 2.24) is 0 Å². The quantitative estimate of drug-likeness (QED) is 0.162. The summed E-state index contributed by atoms with van der Waals surface area (Å²) in [5, 5.41) is 0. The highest BCUT2D eigenvalue weighted by Gasteiger charge is 2.56. The van der Waals surface area contributed by atoms with Crippen LogP contribution >= 0.6 is 0 Å². The lowest BCUT2D eigenvalue weighted by Gasteiger charge is -2.48. The molecule has 0 unspecified atom stereocenters. The summed E-state index contributed by atoms with van der Waals surface area (Å²) in [6.45, 7) is -0.724. The monoisotopic (exact) mass is 982 g/mol. The molecule has 19 rings (SSSR count). The number of para-hydroxylation sites is 4. The van der Waals surface area contributed by atoms with E-state index in [4.69, 9.17) is 18.9 Å². The van der Waals surface area contributed by atoms with E-state index in [1.54, 1.807) is 0 Å². The van der Waals surface area contributed by atoms with Gasteiger partial charge in [0, 0.05) is 91.3 Å². The zero-order valence-corrected chi connectivity index (χ0v) is 41.0. The van der Waals surface area contributed by atoms with Crippen LogP contribution in [0.5, 0.6) is 46.0 Å². The van der Waals surface area contributed by atoms with E-state index in [0.29, 0.717) is 0 Å². The molecule has 354 valence electrons. The second-order valence-corrected chi connectivity index (χ2v) is 21.0. The minimum absolute atomic E-state index is 0.169. The molecule has 11 aromatic rings. The Balaban J connectivity index is 0.929. The van der Waals surface area contributed by atoms with Crippen LogP contribution in [0.3, 0.4) is 0 Å². The van der Waals surface area contributed by atoms with Gasteiger partial charge in [-0.3, -0.25) is 0 Å². The Morgan fingerprint density at radius 3 is 0.818 bits per heavy atom. The summed E-state index contributed by atoms with van der Waals surface area (Å²) >= 11 is 0. The Hall–Kier alpha value is -9.99. The largest absolute Gasteiger partial charge is 0.459 e. The highest BCUT2D eigenvalue weighted by Crippen LogP contribution is 2.53. The summed E-state index contributed by atoms with van der Waals surface area (Å²) in [5.74, 6) is 6.57. The van der Waals surface area contributed by atoms with E-state index in [-0.39, 0.29) is 20.1 Å². The number of nitrogens with zero attached hydrogens (tertiary/aromatic N) is 4. The fourth-order valence-corrected chi connectivity index (χ4v) is 14.5. The fourth-order valence-electron chi connectivity index (χ4n) is 14.5. The third kappa shape index (κ3) is 5.03. The molecule has 0 saturated carbocycles. The first kappa shape index (κ1) is 40.4. The van der Waals surface area contributed by atoms with Crippen molar-refractivity contribution in [3.05, 3.63) is 224 Å². The molecular weight excluding hydrogens is 945 g/mol. The van der Waals surface area contributed by atoms with Gasteiger partial charge in [-0.15, -0.1) is 0 Å². The highest BCUT2D eigenvalue weighted by molar-refractivity contribution is 7.06. The molecule has 11 heteroatoms. The molecule has 0 amide bonds. The van der Waals surface area contributed by atoms with Crippen LogP contribution in [-0.2, 0) is 0 Å². The van der Waals surface area contributed by atoms with Gasteiger partial charge in [-0.25, -0.2) is 0 Å². The fraction of sp³-hybridized carbons (Fsp3) is 0. The Bertz CT molecular complexity index is 4150. The number of anilines is 12. The van der Waals surface area contributed by atoms with Gasteiger partial charge in [-0.2, -0.15) is 0 Å². The Morgan fingerprint density at radius 1 is 0.208 bits per heavy atom. The Morgan fingerprint density at radius 2 is 0.481 bits per heavy atom. The number of fused-ring (bicyclic) bond motifs is 6. The van der Waals surface area contributed by atoms with Crippen molar-refractivity contribution in [1.29, 1.82) is 0 Å². The van der Waals surface area contributed by atoms with E-state index in [9.17, 15) is 0 Å². The van der Waals surface area contributed by atoms with Gasteiger partial charge in [0.25, 0.3) is 20.1 Å². The third-order valence-electron chi connectivity index (χ3n) is 17.3. The van der Waals surface area contributed by atoms with Gasteiger partial charge >= 0.3 is 0 Å². The molecular formula is C66H37B3N4O4. The Labute approximate surface area is 444 Å². The molecule has 77 heavy (non-hydrogen) atoms. The molecule has 0 atom stereocenters. The SMILES string of the molecule is c1ccc(N2c3cccc4c3B3c5c(cccc52)Oc2c3c(cc3c2B2c5c(cccc5N(c5ccccc5)c5cc6c7c(c52)Oc2cccc5c2B7c2c(cccc2N5c2ccccc2)O6)N3c2ccccc2)O4)cc1. The van der Waals surface area contributed by atoms with Crippen LogP contribution in [0.25, 0.3) is 0 Å². The summed E-state index contributed by atoms with van der Waals surface area (Å²) in [5.41, 5.74) is 22.6. The first-order valence-corrected chi connectivity index (χ1v) is 26.4. The predicted molar refractivity (Wildman–Crippen MR) is 312 cm³/mol. The van der Waals surface area contributed by atoms with Crippen LogP contribution in [0.1, 0.15) is 0 Å². The van der Waals surface area contributed by atoms with Crippen molar-refractivity contribution in [2.45, 2.75) is 0 Å². The van der Waals surface area contributed by atoms with E-state index in [2.05, 4.69) is 244 Å². The van der Waals surface area contributed by atoms with Gasteiger partial charge in [0.15, 0.2) is 0 Å². The molecule has 0 aromatic heterocycles. The van der Waals surface area contributed by atoms with Gasteiger partial charge < -0.3 is 38.5 Å². The normalized spacial score (nSPS) is 14.7. The van der Waals surface area contributed by atoms with Crippen molar-refractivity contribution < 1.29 is 18.9 Å². The second-order valence-electron chi connectivity index (χ2n) is 21.0. The lowest BCUT2D eigenvalue weighted by Crippen LogP contribution is -2.68. The maximum Gasteiger partial charge on any atom is 0.266 e. The van der Waals surface area contributed by atoms with Crippen LogP contribution in [0.4, 0.5) is 68.2 Å². The number of hydrogen-bond acceptors (Lipinski definition) is 8. The van der Waals surface area contributed by atoms with Gasteiger partial charge in [-0.05, 0) is 147 Å². The smallest absolute Gasteiger partial charge is 0.266 e.